The van der Waals surface area contributed by atoms with Gasteiger partial charge in [-0.05, 0) is 38.7 Å². The van der Waals surface area contributed by atoms with E-state index in [9.17, 15) is 9.59 Å². The molecule has 1 aromatic heterocycles. The van der Waals surface area contributed by atoms with Crippen LogP contribution >= 0.6 is 0 Å². The Hall–Kier alpha value is -2.18. The summed E-state index contributed by atoms with van der Waals surface area (Å²) in [6, 6.07) is 1.32. The van der Waals surface area contributed by atoms with Crippen molar-refractivity contribution in [2.24, 2.45) is 5.92 Å². The molecule has 1 aliphatic rings. The Kier molecular flexibility index (Phi) is 4.49. The van der Waals surface area contributed by atoms with Crippen molar-refractivity contribution in [1.82, 2.24) is 15.3 Å². The number of nitrogens with zero attached hydrogens (tertiary/aromatic N) is 2. The Bertz CT molecular complexity index is 498. The normalized spacial score (nSPS) is 22.1. The van der Waals surface area contributed by atoms with Crippen LogP contribution < -0.4 is 10.6 Å². The largest absolute Gasteiger partial charge is 0.481 e. The van der Waals surface area contributed by atoms with E-state index in [0.717, 1.165) is 0 Å². The van der Waals surface area contributed by atoms with Crippen molar-refractivity contribution in [2.75, 3.05) is 5.32 Å². The number of amides is 2. The van der Waals surface area contributed by atoms with Crippen molar-refractivity contribution >= 4 is 17.8 Å². The molecule has 1 saturated carbocycles. The lowest BCUT2D eigenvalue weighted by molar-refractivity contribution is -0.142. The molecule has 0 aromatic carbocycles. The lowest BCUT2D eigenvalue weighted by Crippen LogP contribution is -2.41. The Morgan fingerprint density at radius 1 is 1.30 bits per heavy atom. The zero-order chi connectivity index (χ0) is 14.5. The summed E-state index contributed by atoms with van der Waals surface area (Å²) in [5.74, 6) is 0.0176. The number of anilines is 1. The van der Waals surface area contributed by atoms with Crippen LogP contribution in [0.1, 0.15) is 31.5 Å². The maximum atomic E-state index is 11.8. The molecule has 0 saturated heterocycles. The molecule has 2 amide bonds. The van der Waals surface area contributed by atoms with Gasteiger partial charge in [0.15, 0.2) is 0 Å². The minimum Gasteiger partial charge on any atom is -0.481 e. The first-order valence-corrected chi connectivity index (χ1v) is 6.64. The molecule has 3 N–H and O–H groups in total. The van der Waals surface area contributed by atoms with Crippen LogP contribution in [0.3, 0.4) is 0 Å². The second-order valence-corrected chi connectivity index (χ2v) is 4.97. The SMILES string of the molecule is Cc1nccc(NC(=O)NC2CCC(C(=O)O)CC2)n1. The number of aryl methyl sites for hydroxylation is 1. The van der Waals surface area contributed by atoms with Crippen molar-refractivity contribution in [3.63, 3.8) is 0 Å². The predicted molar refractivity (Wildman–Crippen MR) is 72.3 cm³/mol. The Balaban J connectivity index is 1.80. The molecule has 20 heavy (non-hydrogen) atoms. The van der Waals surface area contributed by atoms with Crippen molar-refractivity contribution in [3.8, 4) is 0 Å². The van der Waals surface area contributed by atoms with E-state index in [-0.39, 0.29) is 18.0 Å². The molecule has 1 heterocycles. The fourth-order valence-electron chi connectivity index (χ4n) is 2.35. The molecule has 2 rings (SSSR count). The topological polar surface area (TPSA) is 104 Å². The zero-order valence-corrected chi connectivity index (χ0v) is 11.3. The van der Waals surface area contributed by atoms with Crippen molar-refractivity contribution in [1.29, 1.82) is 0 Å². The third-order valence-electron chi connectivity index (χ3n) is 3.43. The summed E-state index contributed by atoms with van der Waals surface area (Å²) < 4.78 is 0. The molecule has 1 fully saturated rings. The number of aliphatic carboxylic acids is 1. The van der Waals surface area contributed by atoms with Gasteiger partial charge in [0.2, 0.25) is 0 Å². The van der Waals surface area contributed by atoms with Crippen LogP contribution in [0, 0.1) is 12.8 Å². The lowest BCUT2D eigenvalue weighted by Gasteiger charge is -2.26. The van der Waals surface area contributed by atoms with Gasteiger partial charge in [0.05, 0.1) is 5.92 Å². The number of aromatic nitrogens is 2. The van der Waals surface area contributed by atoms with E-state index in [4.69, 9.17) is 5.11 Å². The number of rotatable bonds is 3. The molecule has 1 aliphatic carbocycles. The van der Waals surface area contributed by atoms with Gasteiger partial charge in [-0.1, -0.05) is 0 Å². The second-order valence-electron chi connectivity index (χ2n) is 4.97. The highest BCUT2D eigenvalue weighted by Gasteiger charge is 2.26. The fourth-order valence-corrected chi connectivity index (χ4v) is 2.35. The van der Waals surface area contributed by atoms with Crippen molar-refractivity contribution in [3.05, 3.63) is 18.1 Å². The average Bonchev–Trinajstić information content (AvgIpc) is 2.39. The molecule has 7 nitrogen and oxygen atoms in total. The number of carbonyl (C=O) groups excluding carboxylic acids is 1. The minimum absolute atomic E-state index is 0.0218. The van der Waals surface area contributed by atoms with Crippen LogP contribution in [0.2, 0.25) is 0 Å². The number of carboxylic acids is 1. The van der Waals surface area contributed by atoms with Gasteiger partial charge in [-0.25, -0.2) is 14.8 Å². The van der Waals surface area contributed by atoms with Crippen LogP contribution in [0.15, 0.2) is 12.3 Å². The summed E-state index contributed by atoms with van der Waals surface area (Å²) in [5.41, 5.74) is 0. The summed E-state index contributed by atoms with van der Waals surface area (Å²) in [6.07, 6.45) is 4.16. The number of carbonyl (C=O) groups is 2. The Morgan fingerprint density at radius 2 is 2.00 bits per heavy atom. The van der Waals surface area contributed by atoms with E-state index in [1.807, 2.05) is 0 Å². The van der Waals surface area contributed by atoms with Crippen LogP contribution in [0.5, 0.6) is 0 Å². The molecule has 1 aromatic rings. The summed E-state index contributed by atoms with van der Waals surface area (Å²) in [4.78, 5) is 30.7. The number of carboxylic acid groups (broad SMARTS) is 1. The van der Waals surface area contributed by atoms with E-state index in [0.29, 0.717) is 37.3 Å². The van der Waals surface area contributed by atoms with Crippen LogP contribution in [-0.2, 0) is 4.79 Å². The third-order valence-corrected chi connectivity index (χ3v) is 3.43. The van der Waals surface area contributed by atoms with Gasteiger partial charge in [0.1, 0.15) is 11.6 Å². The summed E-state index contributed by atoms with van der Waals surface area (Å²) in [7, 11) is 0. The highest BCUT2D eigenvalue weighted by atomic mass is 16.4. The molecule has 0 unspecified atom stereocenters. The highest BCUT2D eigenvalue weighted by molar-refractivity contribution is 5.88. The number of nitrogens with one attached hydrogen (secondary N) is 2. The zero-order valence-electron chi connectivity index (χ0n) is 11.3. The fraction of sp³-hybridized carbons (Fsp3) is 0.538. The summed E-state index contributed by atoms with van der Waals surface area (Å²) in [6.45, 7) is 1.75. The first-order valence-electron chi connectivity index (χ1n) is 6.64. The molecule has 108 valence electrons. The molecular weight excluding hydrogens is 260 g/mol. The van der Waals surface area contributed by atoms with Gasteiger partial charge in [-0.2, -0.15) is 0 Å². The predicted octanol–water partition coefficient (Wildman–Crippen LogP) is 1.55. The van der Waals surface area contributed by atoms with Gasteiger partial charge >= 0.3 is 12.0 Å². The standard InChI is InChI=1S/C13H18N4O3/c1-8-14-7-6-11(15-8)17-13(20)16-10-4-2-9(3-5-10)12(18)19/h6-7,9-10H,2-5H2,1H3,(H,18,19)(H2,14,15,16,17,20). The van der Waals surface area contributed by atoms with Crippen molar-refractivity contribution in [2.45, 2.75) is 38.6 Å². The van der Waals surface area contributed by atoms with Crippen LogP contribution in [-0.4, -0.2) is 33.1 Å². The molecule has 0 spiro atoms. The molecule has 0 radical (unpaired) electrons. The second kappa shape index (κ2) is 6.31. The van der Waals surface area contributed by atoms with Gasteiger partial charge in [0.25, 0.3) is 0 Å². The van der Waals surface area contributed by atoms with Crippen LogP contribution in [0.25, 0.3) is 0 Å². The van der Waals surface area contributed by atoms with E-state index in [1.165, 1.54) is 0 Å². The summed E-state index contributed by atoms with van der Waals surface area (Å²) >= 11 is 0. The van der Waals surface area contributed by atoms with Gasteiger partial charge in [-0.15, -0.1) is 0 Å². The monoisotopic (exact) mass is 278 g/mol. The van der Waals surface area contributed by atoms with Gasteiger partial charge in [-0.3, -0.25) is 10.1 Å². The number of hydrogen-bond acceptors (Lipinski definition) is 4. The maximum absolute atomic E-state index is 11.8. The first-order chi connectivity index (χ1) is 9.54. The molecule has 0 atom stereocenters. The molecule has 0 aliphatic heterocycles. The van der Waals surface area contributed by atoms with E-state index < -0.39 is 5.97 Å². The Labute approximate surface area is 116 Å². The number of urea groups is 1. The summed E-state index contributed by atoms with van der Waals surface area (Å²) in [5, 5.41) is 14.4. The van der Waals surface area contributed by atoms with Crippen molar-refractivity contribution < 1.29 is 14.7 Å². The van der Waals surface area contributed by atoms with Gasteiger partial charge < -0.3 is 10.4 Å². The Morgan fingerprint density at radius 3 is 2.60 bits per heavy atom. The van der Waals surface area contributed by atoms with E-state index in [1.54, 1.807) is 19.2 Å². The number of hydrogen-bond donors (Lipinski definition) is 3. The quantitative estimate of drug-likeness (QED) is 0.778. The maximum Gasteiger partial charge on any atom is 0.320 e. The third kappa shape index (κ3) is 3.91. The first kappa shape index (κ1) is 14.2. The molecule has 0 bridgehead atoms. The smallest absolute Gasteiger partial charge is 0.320 e. The average molecular weight is 278 g/mol. The minimum atomic E-state index is -0.746. The highest BCUT2D eigenvalue weighted by Crippen LogP contribution is 2.24. The van der Waals surface area contributed by atoms with E-state index in [2.05, 4.69) is 20.6 Å². The van der Waals surface area contributed by atoms with Gasteiger partial charge in [0, 0.05) is 12.2 Å². The van der Waals surface area contributed by atoms with E-state index >= 15 is 0 Å². The van der Waals surface area contributed by atoms with Crippen LogP contribution in [0.4, 0.5) is 10.6 Å². The lowest BCUT2D eigenvalue weighted by atomic mass is 9.86. The molecule has 7 heteroatoms. The molecular formula is C13H18N4O3.